The van der Waals surface area contributed by atoms with Gasteiger partial charge in [-0.3, -0.25) is 0 Å². The quantitative estimate of drug-likeness (QED) is 0.818. The lowest BCUT2D eigenvalue weighted by atomic mass is 10.1. The van der Waals surface area contributed by atoms with E-state index in [4.69, 9.17) is 4.74 Å². The van der Waals surface area contributed by atoms with E-state index in [9.17, 15) is 0 Å². The summed E-state index contributed by atoms with van der Waals surface area (Å²) in [5.41, 5.74) is 3.26. The van der Waals surface area contributed by atoms with Crippen molar-refractivity contribution in [3.05, 3.63) is 47.2 Å². The minimum absolute atomic E-state index is 0.526. The molecule has 0 spiro atoms. The van der Waals surface area contributed by atoms with Crippen LogP contribution in [0.1, 0.15) is 30.2 Å². The number of nitrogens with zero attached hydrogens (tertiary/aromatic N) is 2. The Balaban J connectivity index is 2.01. The highest BCUT2D eigenvalue weighted by Crippen LogP contribution is 2.25. The number of nitrogens with one attached hydrogen (secondary N) is 1. The molecule has 1 aromatic heterocycles. The van der Waals surface area contributed by atoms with Gasteiger partial charge in [0.25, 0.3) is 0 Å². The fourth-order valence-corrected chi connectivity index (χ4v) is 1.84. The highest BCUT2D eigenvalue weighted by atomic mass is 16.5. The maximum atomic E-state index is 5.78. The van der Waals surface area contributed by atoms with Gasteiger partial charge in [0, 0.05) is 12.6 Å². The van der Waals surface area contributed by atoms with Gasteiger partial charge >= 0.3 is 0 Å². The Bertz CT molecular complexity index is 552. The first kappa shape index (κ1) is 14.5. The van der Waals surface area contributed by atoms with Crippen molar-refractivity contribution in [1.82, 2.24) is 15.5 Å². The molecule has 0 saturated heterocycles. The van der Waals surface area contributed by atoms with Crippen LogP contribution in [0.15, 0.2) is 30.3 Å². The lowest BCUT2D eigenvalue weighted by Crippen LogP contribution is -2.15. The van der Waals surface area contributed by atoms with Gasteiger partial charge in [-0.25, -0.2) is 0 Å². The standard InChI is InChI=1S/C16H21N3O/c1-4-10-17-11-14-8-9-16(19-18-14)20-15-7-5-6-12(2)13(15)3/h5-9,17H,4,10-11H2,1-3H3. The molecule has 106 valence electrons. The number of hydrogen-bond acceptors (Lipinski definition) is 4. The fraction of sp³-hybridized carbons (Fsp3) is 0.375. The van der Waals surface area contributed by atoms with Crippen molar-refractivity contribution in [3.8, 4) is 11.6 Å². The lowest BCUT2D eigenvalue weighted by Gasteiger charge is -2.09. The van der Waals surface area contributed by atoms with Crippen molar-refractivity contribution in [2.24, 2.45) is 0 Å². The Morgan fingerprint density at radius 2 is 1.95 bits per heavy atom. The van der Waals surface area contributed by atoms with Crippen molar-refractivity contribution < 1.29 is 4.74 Å². The predicted octanol–water partition coefficient (Wildman–Crippen LogP) is 3.39. The number of rotatable bonds is 6. The molecule has 20 heavy (non-hydrogen) atoms. The van der Waals surface area contributed by atoms with E-state index >= 15 is 0 Å². The van der Waals surface area contributed by atoms with E-state index in [0.29, 0.717) is 5.88 Å². The second-order valence-electron chi connectivity index (χ2n) is 4.84. The average Bonchev–Trinajstić information content (AvgIpc) is 2.46. The summed E-state index contributed by atoms with van der Waals surface area (Å²) in [6, 6.07) is 9.79. The molecule has 4 heteroatoms. The molecule has 2 aromatic rings. The van der Waals surface area contributed by atoms with Gasteiger partial charge < -0.3 is 10.1 Å². The van der Waals surface area contributed by atoms with Crippen LogP contribution in [0.5, 0.6) is 11.6 Å². The number of aromatic nitrogens is 2. The molecule has 0 unspecified atom stereocenters. The van der Waals surface area contributed by atoms with E-state index < -0.39 is 0 Å². The molecule has 0 amide bonds. The molecule has 0 radical (unpaired) electrons. The van der Waals surface area contributed by atoms with Crippen LogP contribution >= 0.6 is 0 Å². The van der Waals surface area contributed by atoms with E-state index in [1.54, 1.807) is 0 Å². The predicted molar refractivity (Wildman–Crippen MR) is 80.0 cm³/mol. The van der Waals surface area contributed by atoms with E-state index in [-0.39, 0.29) is 0 Å². The second kappa shape index (κ2) is 7.01. The van der Waals surface area contributed by atoms with E-state index in [1.807, 2.05) is 31.2 Å². The number of aryl methyl sites for hydroxylation is 1. The fourth-order valence-electron chi connectivity index (χ4n) is 1.84. The summed E-state index contributed by atoms with van der Waals surface area (Å²) in [4.78, 5) is 0. The summed E-state index contributed by atoms with van der Waals surface area (Å²) in [6.45, 7) is 7.98. The van der Waals surface area contributed by atoms with Crippen LogP contribution in [0.25, 0.3) is 0 Å². The van der Waals surface area contributed by atoms with Crippen LogP contribution in [0.4, 0.5) is 0 Å². The Morgan fingerprint density at radius 1 is 1.10 bits per heavy atom. The van der Waals surface area contributed by atoms with Gasteiger partial charge in [0.2, 0.25) is 5.88 Å². The summed E-state index contributed by atoms with van der Waals surface area (Å²) >= 11 is 0. The summed E-state index contributed by atoms with van der Waals surface area (Å²) in [6.07, 6.45) is 1.11. The molecular formula is C16H21N3O. The first-order valence-electron chi connectivity index (χ1n) is 6.98. The van der Waals surface area contributed by atoms with Crippen LogP contribution < -0.4 is 10.1 Å². The molecular weight excluding hydrogens is 250 g/mol. The number of benzene rings is 1. The van der Waals surface area contributed by atoms with E-state index in [0.717, 1.165) is 36.5 Å². The normalized spacial score (nSPS) is 10.6. The minimum Gasteiger partial charge on any atom is -0.437 e. The highest BCUT2D eigenvalue weighted by Gasteiger charge is 2.05. The van der Waals surface area contributed by atoms with Crippen LogP contribution in [0.2, 0.25) is 0 Å². The Hall–Kier alpha value is -1.94. The van der Waals surface area contributed by atoms with Gasteiger partial charge in [0.1, 0.15) is 5.75 Å². The summed E-state index contributed by atoms with van der Waals surface area (Å²) < 4.78 is 5.78. The molecule has 0 saturated carbocycles. The SMILES string of the molecule is CCCNCc1ccc(Oc2cccc(C)c2C)nn1. The van der Waals surface area contributed by atoms with Crippen molar-refractivity contribution in [2.45, 2.75) is 33.7 Å². The molecule has 4 nitrogen and oxygen atoms in total. The van der Waals surface area contributed by atoms with E-state index in [2.05, 4.69) is 35.4 Å². The average molecular weight is 271 g/mol. The van der Waals surface area contributed by atoms with Crippen molar-refractivity contribution >= 4 is 0 Å². The van der Waals surface area contributed by atoms with Crippen LogP contribution in [-0.2, 0) is 6.54 Å². The van der Waals surface area contributed by atoms with Gasteiger partial charge in [0.05, 0.1) is 5.69 Å². The topological polar surface area (TPSA) is 47.0 Å². The number of hydrogen-bond donors (Lipinski definition) is 1. The molecule has 0 aliphatic heterocycles. The molecule has 0 aliphatic carbocycles. The summed E-state index contributed by atoms with van der Waals surface area (Å²) in [7, 11) is 0. The van der Waals surface area contributed by atoms with Gasteiger partial charge in [-0.15, -0.1) is 5.10 Å². The lowest BCUT2D eigenvalue weighted by molar-refractivity contribution is 0.449. The zero-order valence-electron chi connectivity index (χ0n) is 12.3. The van der Waals surface area contributed by atoms with Crippen molar-refractivity contribution in [2.75, 3.05) is 6.54 Å². The summed E-state index contributed by atoms with van der Waals surface area (Å²) in [5, 5.41) is 11.6. The highest BCUT2D eigenvalue weighted by molar-refractivity contribution is 5.40. The minimum atomic E-state index is 0.526. The molecule has 0 aliphatic rings. The molecule has 1 heterocycles. The molecule has 1 aromatic carbocycles. The van der Waals surface area contributed by atoms with Gasteiger partial charge in [-0.2, -0.15) is 5.10 Å². The smallest absolute Gasteiger partial charge is 0.238 e. The Morgan fingerprint density at radius 3 is 2.65 bits per heavy atom. The second-order valence-corrected chi connectivity index (χ2v) is 4.84. The first-order chi connectivity index (χ1) is 9.70. The molecule has 0 bridgehead atoms. The number of ether oxygens (including phenoxy) is 1. The third-order valence-corrected chi connectivity index (χ3v) is 3.20. The van der Waals surface area contributed by atoms with Gasteiger partial charge in [-0.1, -0.05) is 19.1 Å². The van der Waals surface area contributed by atoms with Gasteiger partial charge in [0.15, 0.2) is 0 Å². The Kier molecular flexibility index (Phi) is 5.07. The van der Waals surface area contributed by atoms with Crippen LogP contribution in [-0.4, -0.2) is 16.7 Å². The third-order valence-electron chi connectivity index (χ3n) is 3.20. The zero-order valence-corrected chi connectivity index (χ0v) is 12.3. The molecule has 2 rings (SSSR count). The monoisotopic (exact) mass is 271 g/mol. The molecule has 1 N–H and O–H groups in total. The molecule has 0 fully saturated rings. The molecule has 0 atom stereocenters. The maximum Gasteiger partial charge on any atom is 0.238 e. The van der Waals surface area contributed by atoms with Crippen molar-refractivity contribution in [1.29, 1.82) is 0 Å². The largest absolute Gasteiger partial charge is 0.437 e. The maximum absolute atomic E-state index is 5.78. The van der Waals surface area contributed by atoms with E-state index in [1.165, 1.54) is 5.56 Å². The summed E-state index contributed by atoms with van der Waals surface area (Å²) in [5.74, 6) is 1.36. The van der Waals surface area contributed by atoms with Crippen LogP contribution in [0.3, 0.4) is 0 Å². The van der Waals surface area contributed by atoms with Crippen molar-refractivity contribution in [3.63, 3.8) is 0 Å². The Labute approximate surface area is 120 Å². The zero-order chi connectivity index (χ0) is 14.4. The first-order valence-corrected chi connectivity index (χ1v) is 6.98. The van der Waals surface area contributed by atoms with Gasteiger partial charge in [-0.05, 0) is 50.1 Å². The third kappa shape index (κ3) is 3.78. The van der Waals surface area contributed by atoms with Crippen LogP contribution in [0, 0.1) is 13.8 Å².